The number of nitrogens with one attached hydrogen (secondary N) is 1. The van der Waals surface area contributed by atoms with Crippen molar-refractivity contribution >= 4 is 28.6 Å². The highest BCUT2D eigenvalue weighted by atomic mass is 32.2. The number of carbonyl (C=O) groups excluding carboxylic acids is 1. The molecule has 24 heavy (non-hydrogen) atoms. The summed E-state index contributed by atoms with van der Waals surface area (Å²) in [7, 11) is 0. The van der Waals surface area contributed by atoms with Crippen molar-refractivity contribution in [3.63, 3.8) is 0 Å². The summed E-state index contributed by atoms with van der Waals surface area (Å²) in [4.78, 5) is 11.4. The predicted octanol–water partition coefficient (Wildman–Crippen LogP) is 3.60. The first kappa shape index (κ1) is 15.3. The molecule has 4 rings (SSSR count). The maximum absolute atomic E-state index is 11.4. The molecule has 3 aromatic rings. The predicted molar refractivity (Wildman–Crippen MR) is 96.6 cm³/mol. The molecule has 0 aliphatic carbocycles. The molecule has 2 aromatic carbocycles. The highest BCUT2D eigenvalue weighted by molar-refractivity contribution is 7.98. The van der Waals surface area contributed by atoms with Crippen LogP contribution in [0.3, 0.4) is 0 Å². The largest absolute Gasteiger partial charge is 0.340 e. The minimum absolute atomic E-state index is 0.456. The van der Waals surface area contributed by atoms with Gasteiger partial charge in [0.2, 0.25) is 0 Å². The van der Waals surface area contributed by atoms with Gasteiger partial charge in [-0.1, -0.05) is 30.3 Å². The fraction of sp³-hybridized carbons (Fsp3) is 0.211. The van der Waals surface area contributed by atoms with Gasteiger partial charge in [0, 0.05) is 34.5 Å². The van der Waals surface area contributed by atoms with Crippen LogP contribution in [0.5, 0.6) is 0 Å². The number of aromatic nitrogens is 1. The van der Waals surface area contributed by atoms with Crippen LogP contribution >= 0.6 is 11.8 Å². The van der Waals surface area contributed by atoms with Gasteiger partial charge in [0.1, 0.15) is 0 Å². The van der Waals surface area contributed by atoms with E-state index in [9.17, 15) is 4.79 Å². The lowest BCUT2D eigenvalue weighted by Crippen LogP contribution is -2.18. The highest BCUT2D eigenvalue weighted by Crippen LogP contribution is 2.34. The van der Waals surface area contributed by atoms with Crippen LogP contribution in [0.25, 0.3) is 10.9 Å². The molecular weight excluding hydrogens is 320 g/mol. The Labute approximate surface area is 144 Å². The number of benzene rings is 2. The Balaban J connectivity index is 1.73. The van der Waals surface area contributed by atoms with Crippen molar-refractivity contribution in [2.24, 2.45) is 0 Å². The van der Waals surface area contributed by atoms with Crippen LogP contribution in [0.4, 0.5) is 0 Å². The topological polar surface area (TPSA) is 54.3 Å². The molecule has 1 aliphatic heterocycles. The summed E-state index contributed by atoms with van der Waals surface area (Å²) in [5.74, 6) is 1.76. The molecule has 0 bridgehead atoms. The molecule has 2 N–H and O–H groups in total. The van der Waals surface area contributed by atoms with E-state index in [2.05, 4.69) is 28.8 Å². The number of hydrogen-bond acceptors (Lipinski definition) is 3. The number of hydrogen-bond donors (Lipinski definition) is 2. The third-order valence-corrected chi connectivity index (χ3v) is 5.57. The van der Waals surface area contributed by atoms with Crippen molar-refractivity contribution in [3.8, 4) is 0 Å². The molecule has 1 aromatic heterocycles. The molecule has 0 saturated carbocycles. The fourth-order valence-electron chi connectivity index (χ4n) is 3.41. The summed E-state index contributed by atoms with van der Waals surface area (Å²) < 4.78 is 2.41. The second kappa shape index (κ2) is 6.34. The maximum atomic E-state index is 11.4. The number of nitrogens with zero attached hydrogens (tertiary/aromatic N) is 1. The first-order valence-electron chi connectivity index (χ1n) is 7.98. The molecular formula is C19H18N2O2S. The quantitative estimate of drug-likeness (QED) is 0.567. The Bertz CT molecular complexity index is 900. The van der Waals surface area contributed by atoms with Gasteiger partial charge in [-0.3, -0.25) is 10.0 Å². The molecule has 122 valence electrons. The molecule has 0 radical (unpaired) electrons. The number of rotatable bonds is 3. The molecule has 0 unspecified atom stereocenters. The maximum Gasteiger partial charge on any atom is 0.274 e. The van der Waals surface area contributed by atoms with Gasteiger partial charge in [0.05, 0.1) is 0 Å². The average molecular weight is 338 g/mol. The zero-order valence-electron chi connectivity index (χ0n) is 13.2. The van der Waals surface area contributed by atoms with Crippen LogP contribution in [0, 0.1) is 0 Å². The van der Waals surface area contributed by atoms with Gasteiger partial charge >= 0.3 is 0 Å². The van der Waals surface area contributed by atoms with Gasteiger partial charge in [-0.25, -0.2) is 5.48 Å². The SMILES string of the molecule is O=C(NO)c1ccc(Cn2c3c(c4ccccc42)CSCC3)cc1. The average Bonchev–Trinajstić information content (AvgIpc) is 2.96. The third-order valence-electron chi connectivity index (χ3n) is 4.58. The third kappa shape index (κ3) is 2.60. The zero-order valence-corrected chi connectivity index (χ0v) is 14.0. The number of carbonyl (C=O) groups is 1. The second-order valence-corrected chi connectivity index (χ2v) is 7.07. The first-order valence-corrected chi connectivity index (χ1v) is 9.13. The van der Waals surface area contributed by atoms with E-state index in [1.807, 2.05) is 23.9 Å². The lowest BCUT2D eigenvalue weighted by atomic mass is 10.1. The van der Waals surface area contributed by atoms with Crippen molar-refractivity contribution in [1.82, 2.24) is 10.0 Å². The van der Waals surface area contributed by atoms with Crippen molar-refractivity contribution in [1.29, 1.82) is 0 Å². The molecule has 1 aliphatic rings. The van der Waals surface area contributed by atoms with Gasteiger partial charge in [0.25, 0.3) is 5.91 Å². The molecule has 0 spiro atoms. The van der Waals surface area contributed by atoms with Gasteiger partial charge in [-0.05, 0) is 41.5 Å². The number of fused-ring (bicyclic) bond motifs is 3. The van der Waals surface area contributed by atoms with E-state index < -0.39 is 5.91 Å². The standard InChI is InChI=1S/C19H18N2O2S/c22-19(20-23)14-7-5-13(6-8-14)11-21-17-4-2-1-3-15(17)16-12-24-10-9-18(16)21/h1-8,23H,9-12H2,(H,20,22). The lowest BCUT2D eigenvalue weighted by molar-refractivity contribution is 0.0706. The zero-order chi connectivity index (χ0) is 16.5. The summed E-state index contributed by atoms with van der Waals surface area (Å²) in [5.41, 5.74) is 7.45. The minimum atomic E-state index is -0.484. The smallest absolute Gasteiger partial charge is 0.274 e. The number of amides is 1. The van der Waals surface area contributed by atoms with E-state index in [-0.39, 0.29) is 0 Å². The number of para-hydroxylation sites is 1. The van der Waals surface area contributed by atoms with Gasteiger partial charge < -0.3 is 4.57 Å². The Kier molecular flexibility index (Phi) is 4.04. The van der Waals surface area contributed by atoms with E-state index >= 15 is 0 Å². The van der Waals surface area contributed by atoms with Crippen molar-refractivity contribution in [3.05, 3.63) is 70.9 Å². The molecule has 4 nitrogen and oxygen atoms in total. The molecule has 2 heterocycles. The molecule has 5 heteroatoms. The lowest BCUT2D eigenvalue weighted by Gasteiger charge is -2.16. The van der Waals surface area contributed by atoms with E-state index in [0.717, 1.165) is 24.3 Å². The number of hydroxylamine groups is 1. The minimum Gasteiger partial charge on any atom is -0.340 e. The van der Waals surface area contributed by atoms with E-state index in [0.29, 0.717) is 5.56 Å². The number of thioether (sulfide) groups is 1. The molecule has 1 amide bonds. The normalized spacial score (nSPS) is 13.7. The molecule has 0 saturated heterocycles. The molecule has 0 fully saturated rings. The van der Waals surface area contributed by atoms with E-state index in [1.165, 1.54) is 27.9 Å². The summed E-state index contributed by atoms with van der Waals surface area (Å²) in [6, 6.07) is 16.0. The van der Waals surface area contributed by atoms with E-state index in [4.69, 9.17) is 5.21 Å². The van der Waals surface area contributed by atoms with E-state index in [1.54, 1.807) is 17.6 Å². The van der Waals surface area contributed by atoms with Crippen molar-refractivity contribution < 1.29 is 10.0 Å². The van der Waals surface area contributed by atoms with Crippen LogP contribution < -0.4 is 5.48 Å². The second-order valence-electron chi connectivity index (χ2n) is 5.97. The summed E-state index contributed by atoms with van der Waals surface area (Å²) in [6.45, 7) is 0.793. The summed E-state index contributed by atoms with van der Waals surface area (Å²) in [5, 5.41) is 10.1. The fourth-order valence-corrected chi connectivity index (χ4v) is 4.42. The van der Waals surface area contributed by atoms with Gasteiger partial charge in [-0.2, -0.15) is 11.8 Å². The first-order chi connectivity index (χ1) is 11.8. The van der Waals surface area contributed by atoms with Gasteiger partial charge in [0.15, 0.2) is 0 Å². The van der Waals surface area contributed by atoms with Crippen LogP contribution in [-0.2, 0) is 18.7 Å². The monoisotopic (exact) mass is 338 g/mol. The van der Waals surface area contributed by atoms with Crippen LogP contribution in [0.15, 0.2) is 48.5 Å². The Morgan fingerprint density at radius 1 is 1.17 bits per heavy atom. The van der Waals surface area contributed by atoms with Crippen LogP contribution in [0.1, 0.15) is 27.2 Å². The van der Waals surface area contributed by atoms with Crippen molar-refractivity contribution in [2.45, 2.75) is 18.7 Å². The molecule has 0 atom stereocenters. The van der Waals surface area contributed by atoms with Gasteiger partial charge in [-0.15, -0.1) is 0 Å². The van der Waals surface area contributed by atoms with Crippen LogP contribution in [0.2, 0.25) is 0 Å². The Hall–Kier alpha value is -2.24. The highest BCUT2D eigenvalue weighted by Gasteiger charge is 2.19. The summed E-state index contributed by atoms with van der Waals surface area (Å²) >= 11 is 2.00. The van der Waals surface area contributed by atoms with Crippen molar-refractivity contribution in [2.75, 3.05) is 5.75 Å². The Morgan fingerprint density at radius 2 is 1.96 bits per heavy atom. The summed E-state index contributed by atoms with van der Waals surface area (Å²) in [6.07, 6.45) is 1.10. The van der Waals surface area contributed by atoms with Crippen LogP contribution in [-0.4, -0.2) is 21.4 Å². The Morgan fingerprint density at radius 3 is 2.75 bits per heavy atom.